The Morgan fingerprint density at radius 3 is 2.38 bits per heavy atom. The van der Waals surface area contributed by atoms with Crippen LogP contribution in [0, 0.1) is 6.92 Å². The minimum Gasteiger partial charge on any atom is -0.462 e. The second-order valence-corrected chi connectivity index (χ2v) is 5.55. The Morgan fingerprint density at radius 1 is 1.08 bits per heavy atom. The van der Waals surface area contributed by atoms with E-state index >= 15 is 0 Å². The first-order valence-electron chi connectivity index (χ1n) is 7.96. The molecule has 2 N–H and O–H groups in total. The first-order valence-corrected chi connectivity index (χ1v) is 7.96. The smallest absolute Gasteiger partial charge is 0.338 e. The van der Waals surface area contributed by atoms with Crippen molar-refractivity contribution in [1.29, 1.82) is 0 Å². The molecule has 2 amide bonds. The van der Waals surface area contributed by atoms with Crippen LogP contribution in [-0.2, 0) is 4.74 Å². The molecule has 0 aliphatic carbocycles. The average molecular weight is 326 g/mol. The molecule has 2 rings (SSSR count). The fourth-order valence-corrected chi connectivity index (χ4v) is 2.31. The molecular weight excluding hydrogens is 304 g/mol. The van der Waals surface area contributed by atoms with Crippen LogP contribution in [0.5, 0.6) is 0 Å². The van der Waals surface area contributed by atoms with Crippen LogP contribution < -0.4 is 10.6 Å². The van der Waals surface area contributed by atoms with Crippen LogP contribution in [0.1, 0.15) is 35.7 Å². The van der Waals surface area contributed by atoms with Gasteiger partial charge in [-0.2, -0.15) is 0 Å². The topological polar surface area (TPSA) is 72.6 Å². The highest BCUT2D eigenvalue weighted by atomic mass is 16.5. The van der Waals surface area contributed by atoms with Crippen LogP contribution in [-0.4, -0.2) is 18.6 Å². The Morgan fingerprint density at radius 2 is 1.79 bits per heavy atom. The largest absolute Gasteiger partial charge is 0.462 e. The number of nitrogens with two attached hydrogens (primary N) is 1. The third-order valence-electron chi connectivity index (χ3n) is 3.57. The van der Waals surface area contributed by atoms with Crippen molar-refractivity contribution in [1.82, 2.24) is 0 Å². The number of carbonyl (C=O) groups is 2. The number of amides is 2. The number of urea groups is 1. The monoisotopic (exact) mass is 326 g/mol. The zero-order chi connectivity index (χ0) is 17.5. The van der Waals surface area contributed by atoms with Gasteiger partial charge in [0.05, 0.1) is 23.5 Å². The number of hydrogen-bond acceptors (Lipinski definition) is 3. The molecule has 0 saturated heterocycles. The van der Waals surface area contributed by atoms with E-state index in [1.807, 2.05) is 38.1 Å². The van der Waals surface area contributed by atoms with E-state index in [9.17, 15) is 9.59 Å². The van der Waals surface area contributed by atoms with Crippen molar-refractivity contribution >= 4 is 23.4 Å². The van der Waals surface area contributed by atoms with Crippen LogP contribution in [0.15, 0.2) is 48.5 Å². The molecule has 0 unspecified atom stereocenters. The summed E-state index contributed by atoms with van der Waals surface area (Å²) in [5.74, 6) is -0.365. The number of unbranched alkanes of at least 4 members (excludes halogenated alkanes) is 1. The van der Waals surface area contributed by atoms with Crippen molar-refractivity contribution in [3.05, 3.63) is 59.7 Å². The van der Waals surface area contributed by atoms with E-state index in [0.717, 1.165) is 18.4 Å². The molecule has 0 aliphatic rings. The van der Waals surface area contributed by atoms with Crippen molar-refractivity contribution in [2.45, 2.75) is 26.7 Å². The molecule has 0 atom stereocenters. The molecule has 0 spiro atoms. The van der Waals surface area contributed by atoms with Gasteiger partial charge >= 0.3 is 12.0 Å². The van der Waals surface area contributed by atoms with E-state index in [-0.39, 0.29) is 5.97 Å². The number of nitrogens with zero attached hydrogens (tertiary/aromatic N) is 1. The molecule has 0 fully saturated rings. The van der Waals surface area contributed by atoms with E-state index < -0.39 is 6.03 Å². The number of ether oxygens (including phenoxy) is 1. The van der Waals surface area contributed by atoms with E-state index in [2.05, 4.69) is 0 Å². The number of primary amides is 1. The summed E-state index contributed by atoms with van der Waals surface area (Å²) in [5, 5.41) is 0. The van der Waals surface area contributed by atoms with Gasteiger partial charge < -0.3 is 10.5 Å². The highest BCUT2D eigenvalue weighted by Crippen LogP contribution is 2.26. The summed E-state index contributed by atoms with van der Waals surface area (Å²) >= 11 is 0. The lowest BCUT2D eigenvalue weighted by Gasteiger charge is -2.21. The van der Waals surface area contributed by atoms with Crippen molar-refractivity contribution in [3.8, 4) is 0 Å². The highest BCUT2D eigenvalue weighted by molar-refractivity contribution is 5.99. The lowest BCUT2D eigenvalue weighted by Crippen LogP contribution is -2.31. The molecule has 0 bridgehead atoms. The first kappa shape index (κ1) is 17.5. The Balaban J connectivity index is 2.20. The maximum absolute atomic E-state index is 11.9. The molecule has 0 radical (unpaired) electrons. The van der Waals surface area contributed by atoms with Crippen LogP contribution >= 0.6 is 0 Å². The van der Waals surface area contributed by atoms with Crippen LogP contribution in [0.2, 0.25) is 0 Å². The third-order valence-corrected chi connectivity index (χ3v) is 3.57. The molecule has 24 heavy (non-hydrogen) atoms. The number of esters is 1. The Hall–Kier alpha value is -2.82. The van der Waals surface area contributed by atoms with Crippen molar-refractivity contribution in [2.75, 3.05) is 11.5 Å². The van der Waals surface area contributed by atoms with E-state index in [1.165, 1.54) is 4.90 Å². The molecule has 0 heterocycles. The number of aryl methyl sites for hydroxylation is 1. The second kappa shape index (κ2) is 8.15. The Kier molecular flexibility index (Phi) is 5.95. The number of benzene rings is 2. The SMILES string of the molecule is CCCCOC(=O)c1ccc(N(C(N)=O)c2cccc(C)c2)cc1. The summed E-state index contributed by atoms with van der Waals surface area (Å²) in [5.41, 5.74) is 8.27. The summed E-state index contributed by atoms with van der Waals surface area (Å²) in [4.78, 5) is 25.2. The quantitative estimate of drug-likeness (QED) is 0.639. The summed E-state index contributed by atoms with van der Waals surface area (Å²) < 4.78 is 5.17. The molecule has 126 valence electrons. The number of anilines is 2. The van der Waals surface area contributed by atoms with Gasteiger partial charge in [0.2, 0.25) is 0 Å². The predicted octanol–water partition coefficient (Wildman–Crippen LogP) is 4.17. The minimum absolute atomic E-state index is 0.365. The maximum atomic E-state index is 11.9. The number of rotatable bonds is 6. The van der Waals surface area contributed by atoms with Crippen molar-refractivity contribution in [2.24, 2.45) is 5.73 Å². The average Bonchev–Trinajstić information content (AvgIpc) is 2.55. The highest BCUT2D eigenvalue weighted by Gasteiger charge is 2.16. The summed E-state index contributed by atoms with van der Waals surface area (Å²) in [6, 6.07) is 13.5. The van der Waals surface area contributed by atoms with Gasteiger partial charge in [0.15, 0.2) is 0 Å². The van der Waals surface area contributed by atoms with Crippen LogP contribution in [0.25, 0.3) is 0 Å². The predicted molar refractivity (Wildman–Crippen MR) is 94.5 cm³/mol. The van der Waals surface area contributed by atoms with Gasteiger partial charge in [0.25, 0.3) is 0 Å². The lowest BCUT2D eigenvalue weighted by atomic mass is 10.1. The van der Waals surface area contributed by atoms with Gasteiger partial charge in [0.1, 0.15) is 0 Å². The summed E-state index contributed by atoms with van der Waals surface area (Å²) in [7, 11) is 0. The number of carbonyl (C=O) groups excluding carboxylic acids is 2. The fraction of sp³-hybridized carbons (Fsp3) is 0.263. The second-order valence-electron chi connectivity index (χ2n) is 5.55. The van der Waals surface area contributed by atoms with E-state index in [0.29, 0.717) is 23.5 Å². The van der Waals surface area contributed by atoms with Crippen LogP contribution in [0.3, 0.4) is 0 Å². The molecule has 0 saturated carbocycles. The van der Waals surface area contributed by atoms with Gasteiger partial charge in [-0.3, -0.25) is 4.90 Å². The minimum atomic E-state index is -0.584. The van der Waals surface area contributed by atoms with E-state index in [4.69, 9.17) is 10.5 Å². The van der Waals surface area contributed by atoms with Gasteiger partial charge in [-0.1, -0.05) is 25.5 Å². The zero-order valence-corrected chi connectivity index (χ0v) is 14.0. The van der Waals surface area contributed by atoms with E-state index in [1.54, 1.807) is 24.3 Å². The molecule has 0 aromatic heterocycles. The summed E-state index contributed by atoms with van der Waals surface area (Å²) in [6.07, 6.45) is 1.81. The molecule has 2 aromatic carbocycles. The Bertz CT molecular complexity index is 711. The van der Waals surface area contributed by atoms with Gasteiger partial charge in [-0.25, -0.2) is 9.59 Å². The first-order chi connectivity index (χ1) is 11.5. The number of hydrogen-bond donors (Lipinski definition) is 1. The normalized spacial score (nSPS) is 10.2. The maximum Gasteiger partial charge on any atom is 0.338 e. The van der Waals surface area contributed by atoms with Crippen LogP contribution in [0.4, 0.5) is 16.2 Å². The fourth-order valence-electron chi connectivity index (χ4n) is 2.31. The molecule has 5 heteroatoms. The Labute approximate surface area is 142 Å². The van der Waals surface area contributed by atoms with Gasteiger partial charge in [-0.05, 0) is 55.3 Å². The third kappa shape index (κ3) is 4.35. The molecule has 0 aliphatic heterocycles. The molecule has 2 aromatic rings. The lowest BCUT2D eigenvalue weighted by molar-refractivity contribution is 0.0500. The van der Waals surface area contributed by atoms with Gasteiger partial charge in [0, 0.05) is 0 Å². The van der Waals surface area contributed by atoms with Gasteiger partial charge in [-0.15, -0.1) is 0 Å². The van der Waals surface area contributed by atoms with Crippen molar-refractivity contribution in [3.63, 3.8) is 0 Å². The van der Waals surface area contributed by atoms with Crippen molar-refractivity contribution < 1.29 is 14.3 Å². The molecule has 5 nitrogen and oxygen atoms in total. The zero-order valence-electron chi connectivity index (χ0n) is 14.0. The standard InChI is InChI=1S/C19H22N2O3/c1-3-4-12-24-18(22)15-8-10-16(11-9-15)21(19(20)23)17-7-5-6-14(2)13-17/h5-11,13H,3-4,12H2,1-2H3,(H2,20,23). The summed E-state index contributed by atoms with van der Waals surface area (Å²) in [6.45, 7) is 4.39. The molecular formula is C19H22N2O3.